The Bertz CT molecular complexity index is 775. The third-order valence-corrected chi connectivity index (χ3v) is 5.72. The molecule has 6 nitrogen and oxygen atoms in total. The zero-order valence-electron chi connectivity index (χ0n) is 12.1. The number of aromatic nitrogens is 2. The highest BCUT2D eigenvalue weighted by Crippen LogP contribution is 2.28. The van der Waals surface area contributed by atoms with Gasteiger partial charge in [-0.25, -0.2) is 17.8 Å². The number of aryl methyl sites for hydroxylation is 1. The van der Waals surface area contributed by atoms with Crippen LogP contribution in [0.15, 0.2) is 41.6 Å². The van der Waals surface area contributed by atoms with E-state index < -0.39 is 21.9 Å². The highest BCUT2D eigenvalue weighted by Gasteiger charge is 2.37. The van der Waals surface area contributed by atoms with E-state index in [9.17, 15) is 12.8 Å². The van der Waals surface area contributed by atoms with E-state index in [1.165, 1.54) is 22.5 Å². The molecule has 0 saturated carbocycles. The van der Waals surface area contributed by atoms with E-state index in [0.29, 0.717) is 18.9 Å². The van der Waals surface area contributed by atoms with Crippen LogP contribution in [0.1, 0.15) is 11.9 Å². The van der Waals surface area contributed by atoms with Crippen molar-refractivity contribution in [1.82, 2.24) is 19.2 Å². The van der Waals surface area contributed by atoms with Crippen molar-refractivity contribution in [3.8, 4) is 0 Å². The van der Waals surface area contributed by atoms with E-state index in [-0.39, 0.29) is 11.4 Å². The van der Waals surface area contributed by atoms with Gasteiger partial charge in [-0.2, -0.15) is 4.31 Å². The Morgan fingerprint density at radius 2 is 2.14 bits per heavy atom. The molecule has 1 fully saturated rings. The second kappa shape index (κ2) is 5.79. The first-order valence-corrected chi connectivity index (χ1v) is 8.40. The van der Waals surface area contributed by atoms with Crippen LogP contribution in [0, 0.1) is 5.82 Å². The van der Waals surface area contributed by atoms with Gasteiger partial charge in [-0.05, 0) is 12.1 Å². The van der Waals surface area contributed by atoms with Gasteiger partial charge in [-0.15, -0.1) is 0 Å². The minimum atomic E-state index is -3.92. The molecule has 1 aromatic carbocycles. The van der Waals surface area contributed by atoms with Gasteiger partial charge in [0, 0.05) is 39.1 Å². The lowest BCUT2D eigenvalue weighted by Gasteiger charge is -2.34. The SMILES string of the molecule is Cn1ccnc1C1CNCCN1S(=O)(=O)c1ccccc1F. The van der Waals surface area contributed by atoms with Crippen LogP contribution in [0.3, 0.4) is 0 Å². The summed E-state index contributed by atoms with van der Waals surface area (Å²) in [5.41, 5.74) is 0. The molecule has 1 aliphatic heterocycles. The fraction of sp³-hybridized carbons (Fsp3) is 0.357. The second-order valence-electron chi connectivity index (χ2n) is 5.16. The summed E-state index contributed by atoms with van der Waals surface area (Å²) in [5, 5.41) is 3.17. The summed E-state index contributed by atoms with van der Waals surface area (Å²) in [5.74, 6) is -0.105. The molecule has 1 aromatic heterocycles. The number of rotatable bonds is 3. The Morgan fingerprint density at radius 1 is 1.36 bits per heavy atom. The molecule has 2 heterocycles. The summed E-state index contributed by atoms with van der Waals surface area (Å²) in [6.45, 7) is 1.24. The van der Waals surface area contributed by atoms with E-state index in [0.717, 1.165) is 6.07 Å². The van der Waals surface area contributed by atoms with Crippen LogP contribution in [0.5, 0.6) is 0 Å². The topological polar surface area (TPSA) is 67.2 Å². The van der Waals surface area contributed by atoms with Gasteiger partial charge in [0.05, 0.1) is 6.04 Å². The quantitative estimate of drug-likeness (QED) is 0.911. The number of hydrogen-bond acceptors (Lipinski definition) is 4. The number of benzene rings is 1. The van der Waals surface area contributed by atoms with Crippen LogP contribution in [0.4, 0.5) is 4.39 Å². The van der Waals surface area contributed by atoms with Crippen molar-refractivity contribution < 1.29 is 12.8 Å². The Hall–Kier alpha value is -1.77. The number of nitrogens with zero attached hydrogens (tertiary/aromatic N) is 3. The molecule has 0 radical (unpaired) electrons. The second-order valence-corrected chi connectivity index (χ2v) is 7.02. The molecule has 1 unspecified atom stereocenters. The lowest BCUT2D eigenvalue weighted by molar-refractivity contribution is 0.257. The van der Waals surface area contributed by atoms with E-state index in [1.807, 2.05) is 7.05 Å². The highest BCUT2D eigenvalue weighted by molar-refractivity contribution is 7.89. The van der Waals surface area contributed by atoms with Gasteiger partial charge in [0.2, 0.25) is 10.0 Å². The molecular weight excluding hydrogens is 307 g/mol. The minimum absolute atomic E-state index is 0.272. The minimum Gasteiger partial charge on any atom is -0.337 e. The Kier molecular flexibility index (Phi) is 3.98. The van der Waals surface area contributed by atoms with Crippen molar-refractivity contribution >= 4 is 10.0 Å². The van der Waals surface area contributed by atoms with Crippen LogP contribution in [-0.2, 0) is 17.1 Å². The van der Waals surface area contributed by atoms with Crippen LogP contribution >= 0.6 is 0 Å². The summed E-state index contributed by atoms with van der Waals surface area (Å²) in [7, 11) is -2.11. The van der Waals surface area contributed by atoms with Gasteiger partial charge in [0.15, 0.2) is 0 Å². The number of imidazole rings is 1. The molecule has 0 spiro atoms. The smallest absolute Gasteiger partial charge is 0.246 e. The van der Waals surface area contributed by atoms with Crippen molar-refractivity contribution in [2.75, 3.05) is 19.6 Å². The average Bonchev–Trinajstić information content (AvgIpc) is 2.93. The van der Waals surface area contributed by atoms with Crippen LogP contribution < -0.4 is 5.32 Å². The van der Waals surface area contributed by atoms with E-state index in [4.69, 9.17) is 0 Å². The zero-order valence-corrected chi connectivity index (χ0v) is 12.9. The molecule has 1 saturated heterocycles. The Morgan fingerprint density at radius 3 is 2.82 bits per heavy atom. The van der Waals surface area contributed by atoms with Crippen molar-refractivity contribution in [1.29, 1.82) is 0 Å². The number of halogens is 1. The first kappa shape index (κ1) is 15.1. The zero-order chi connectivity index (χ0) is 15.7. The Balaban J connectivity index is 2.04. The van der Waals surface area contributed by atoms with Crippen molar-refractivity contribution in [3.05, 3.63) is 48.3 Å². The van der Waals surface area contributed by atoms with Gasteiger partial charge >= 0.3 is 0 Å². The molecule has 1 N–H and O–H groups in total. The number of piperazine rings is 1. The molecule has 3 rings (SSSR count). The third kappa shape index (κ3) is 2.53. The number of sulfonamides is 1. The summed E-state index contributed by atoms with van der Waals surface area (Å²) < 4.78 is 42.7. The van der Waals surface area contributed by atoms with Gasteiger partial charge in [-0.1, -0.05) is 12.1 Å². The van der Waals surface area contributed by atoms with Crippen LogP contribution in [0.25, 0.3) is 0 Å². The van der Waals surface area contributed by atoms with Gasteiger partial charge in [0.25, 0.3) is 0 Å². The third-order valence-electron chi connectivity index (χ3n) is 3.77. The molecule has 0 aliphatic carbocycles. The van der Waals surface area contributed by atoms with Crippen molar-refractivity contribution in [2.45, 2.75) is 10.9 Å². The summed E-state index contributed by atoms with van der Waals surface area (Å²) in [6.07, 6.45) is 3.38. The normalized spacial score (nSPS) is 20.2. The van der Waals surface area contributed by atoms with E-state index in [1.54, 1.807) is 17.0 Å². The van der Waals surface area contributed by atoms with Crippen LogP contribution in [0.2, 0.25) is 0 Å². The predicted molar refractivity (Wildman–Crippen MR) is 79.1 cm³/mol. The Labute approximate surface area is 128 Å². The first-order valence-electron chi connectivity index (χ1n) is 6.96. The summed E-state index contributed by atoms with van der Waals surface area (Å²) in [4.78, 5) is 3.95. The maximum atomic E-state index is 13.9. The maximum Gasteiger partial charge on any atom is 0.246 e. The molecular formula is C14H17FN4O2S. The van der Waals surface area contributed by atoms with Crippen LogP contribution in [-0.4, -0.2) is 41.9 Å². The lowest BCUT2D eigenvalue weighted by Crippen LogP contribution is -2.49. The molecule has 1 atom stereocenters. The molecule has 1 aliphatic rings. The lowest BCUT2D eigenvalue weighted by atomic mass is 10.2. The van der Waals surface area contributed by atoms with E-state index >= 15 is 0 Å². The monoisotopic (exact) mass is 324 g/mol. The fourth-order valence-electron chi connectivity index (χ4n) is 2.67. The maximum absolute atomic E-state index is 13.9. The average molecular weight is 324 g/mol. The largest absolute Gasteiger partial charge is 0.337 e. The molecule has 0 bridgehead atoms. The summed E-state index contributed by atoms with van der Waals surface area (Å²) in [6, 6.07) is 4.99. The van der Waals surface area contributed by atoms with Gasteiger partial charge < -0.3 is 9.88 Å². The molecule has 22 heavy (non-hydrogen) atoms. The predicted octanol–water partition coefficient (Wildman–Crippen LogP) is 0.894. The standard InChI is InChI=1S/C14H17FN4O2S/c1-18-8-7-17-14(18)12-10-16-6-9-19(12)22(20,21)13-5-3-2-4-11(13)15/h2-5,7-8,12,16H,6,9-10H2,1H3. The van der Waals surface area contributed by atoms with Crippen molar-refractivity contribution in [2.24, 2.45) is 7.05 Å². The van der Waals surface area contributed by atoms with Gasteiger partial charge in [-0.3, -0.25) is 0 Å². The molecule has 2 aromatic rings. The molecule has 118 valence electrons. The van der Waals surface area contributed by atoms with Crippen molar-refractivity contribution in [3.63, 3.8) is 0 Å². The molecule has 0 amide bonds. The fourth-order valence-corrected chi connectivity index (χ4v) is 4.33. The first-order chi connectivity index (χ1) is 10.5. The summed E-state index contributed by atoms with van der Waals surface area (Å²) >= 11 is 0. The van der Waals surface area contributed by atoms with E-state index in [2.05, 4.69) is 10.3 Å². The number of nitrogens with one attached hydrogen (secondary N) is 1. The highest BCUT2D eigenvalue weighted by atomic mass is 32.2. The number of hydrogen-bond donors (Lipinski definition) is 1. The molecule has 8 heteroatoms. The van der Waals surface area contributed by atoms with Gasteiger partial charge in [0.1, 0.15) is 16.5 Å².